The number of nitrogens with zero attached hydrogens (tertiary/aromatic N) is 6. The van der Waals surface area contributed by atoms with Crippen molar-refractivity contribution < 1.29 is 9.47 Å². The molecule has 0 radical (unpaired) electrons. The fraction of sp³-hybridized carbons (Fsp3) is 0.333. The van der Waals surface area contributed by atoms with Crippen molar-refractivity contribution in [2.24, 2.45) is 7.05 Å². The van der Waals surface area contributed by atoms with Crippen LogP contribution in [0.25, 0.3) is 43.6 Å². The van der Waals surface area contributed by atoms with Crippen LogP contribution in [0.5, 0.6) is 0 Å². The highest BCUT2D eigenvalue weighted by atomic mass is 32.1. The van der Waals surface area contributed by atoms with Gasteiger partial charge in [-0.2, -0.15) is 5.10 Å². The van der Waals surface area contributed by atoms with Crippen molar-refractivity contribution in [1.82, 2.24) is 29.3 Å². The molecule has 190 valence electrons. The van der Waals surface area contributed by atoms with Crippen molar-refractivity contribution in [2.45, 2.75) is 31.5 Å². The van der Waals surface area contributed by atoms with Gasteiger partial charge in [-0.15, -0.1) is 11.3 Å². The van der Waals surface area contributed by atoms with Crippen LogP contribution in [-0.4, -0.2) is 62.3 Å². The summed E-state index contributed by atoms with van der Waals surface area (Å²) in [4.78, 5) is 16.7. The average Bonchev–Trinajstić information content (AvgIpc) is 3.63. The lowest BCUT2D eigenvalue weighted by Gasteiger charge is -2.35. The molecule has 1 aliphatic carbocycles. The van der Waals surface area contributed by atoms with Gasteiger partial charge in [0.1, 0.15) is 16.3 Å². The molecule has 1 N–H and O–H groups in total. The first-order valence-corrected chi connectivity index (χ1v) is 13.2. The van der Waals surface area contributed by atoms with Crippen LogP contribution in [-0.2, 0) is 23.1 Å². The maximum atomic E-state index is 5.53. The molecular weight excluding hydrogens is 486 g/mol. The summed E-state index contributed by atoms with van der Waals surface area (Å²) in [5.41, 5.74) is 3.12. The maximum Gasteiger partial charge on any atom is 0.199 e. The van der Waals surface area contributed by atoms with Gasteiger partial charge in [-0.05, 0) is 24.5 Å². The average molecular weight is 516 g/mol. The van der Waals surface area contributed by atoms with Crippen molar-refractivity contribution in [3.63, 3.8) is 0 Å². The molecule has 37 heavy (non-hydrogen) atoms. The first-order valence-electron chi connectivity index (χ1n) is 12.3. The quantitative estimate of drug-likeness (QED) is 0.300. The van der Waals surface area contributed by atoms with Crippen LogP contribution in [0.4, 0.5) is 5.82 Å². The van der Waals surface area contributed by atoms with E-state index in [1.165, 1.54) is 0 Å². The molecule has 9 nitrogen and oxygen atoms in total. The van der Waals surface area contributed by atoms with Gasteiger partial charge in [-0.3, -0.25) is 4.68 Å². The fourth-order valence-corrected chi connectivity index (χ4v) is 5.92. The summed E-state index contributed by atoms with van der Waals surface area (Å²) in [7, 11) is 5.41. The zero-order chi connectivity index (χ0) is 25.4. The molecular formula is C27H29N7O2S. The number of ether oxygens (including phenoxy) is 2. The molecule has 10 heteroatoms. The van der Waals surface area contributed by atoms with E-state index in [1.807, 2.05) is 40.8 Å². The van der Waals surface area contributed by atoms with Gasteiger partial charge in [0.05, 0.1) is 23.0 Å². The van der Waals surface area contributed by atoms with Crippen LogP contribution in [0.3, 0.4) is 0 Å². The van der Waals surface area contributed by atoms with Crippen molar-refractivity contribution >= 4 is 27.4 Å². The summed E-state index contributed by atoms with van der Waals surface area (Å²) in [6.45, 7) is 1.26. The Labute approximate surface area is 219 Å². The summed E-state index contributed by atoms with van der Waals surface area (Å²) in [6, 6.07) is 12.7. The Morgan fingerprint density at radius 2 is 1.92 bits per heavy atom. The van der Waals surface area contributed by atoms with Crippen LogP contribution in [0, 0.1) is 0 Å². The Hall–Kier alpha value is -3.60. The number of benzene rings is 1. The Morgan fingerprint density at radius 3 is 2.65 bits per heavy atom. The molecule has 1 fully saturated rings. The van der Waals surface area contributed by atoms with E-state index in [4.69, 9.17) is 24.5 Å². The second kappa shape index (κ2) is 10.0. The highest BCUT2D eigenvalue weighted by molar-refractivity contribution is 7.22. The standard InChI is InChI=1S/C27H29N7O2S/c1-33-11-9-20(32-33)23-21(17-7-5-4-6-8-17)22-24(29-18-15-19(16-18)36-3)30-25(31-27(22)37-23)26-28-10-12-34(26)13-14-35-2/h4-12,18-19H,13-16H2,1-3H3,(H,29,30,31). The van der Waals surface area contributed by atoms with E-state index in [9.17, 15) is 0 Å². The lowest BCUT2D eigenvalue weighted by Crippen LogP contribution is -2.40. The third kappa shape index (κ3) is 4.52. The minimum atomic E-state index is 0.280. The Balaban J connectivity index is 1.56. The zero-order valence-corrected chi connectivity index (χ0v) is 21.9. The summed E-state index contributed by atoms with van der Waals surface area (Å²) < 4.78 is 14.7. The van der Waals surface area contributed by atoms with Gasteiger partial charge in [0.2, 0.25) is 0 Å². The monoisotopic (exact) mass is 515 g/mol. The molecule has 0 bridgehead atoms. The molecule has 4 heterocycles. The Morgan fingerprint density at radius 1 is 1.08 bits per heavy atom. The molecule has 1 saturated carbocycles. The van der Waals surface area contributed by atoms with Gasteiger partial charge >= 0.3 is 0 Å². The number of rotatable bonds is 9. The molecule has 0 spiro atoms. The largest absolute Gasteiger partial charge is 0.383 e. The number of hydrogen-bond donors (Lipinski definition) is 1. The SMILES string of the molecule is COCCn1ccnc1-c1nc(NC2CC(OC)C2)c2c(-c3ccccc3)c(-c3ccn(C)n3)sc2n1. The first kappa shape index (κ1) is 23.8. The molecule has 5 aromatic rings. The second-order valence-corrected chi connectivity index (χ2v) is 10.2. The topological polar surface area (TPSA) is 91.9 Å². The minimum Gasteiger partial charge on any atom is -0.383 e. The van der Waals surface area contributed by atoms with Gasteiger partial charge in [0.25, 0.3) is 0 Å². The smallest absolute Gasteiger partial charge is 0.199 e. The predicted molar refractivity (Wildman–Crippen MR) is 146 cm³/mol. The number of thiophene rings is 1. The molecule has 6 rings (SSSR count). The lowest BCUT2D eigenvalue weighted by atomic mass is 9.89. The number of fused-ring (bicyclic) bond motifs is 1. The fourth-order valence-electron chi connectivity index (χ4n) is 4.76. The Kier molecular flexibility index (Phi) is 6.45. The van der Waals surface area contributed by atoms with E-state index in [0.717, 1.165) is 56.4 Å². The third-order valence-corrected chi connectivity index (χ3v) is 7.89. The van der Waals surface area contributed by atoms with E-state index in [1.54, 1.807) is 31.8 Å². The summed E-state index contributed by atoms with van der Waals surface area (Å²) in [6.07, 6.45) is 7.85. The number of hydrogen-bond acceptors (Lipinski definition) is 8. The molecule has 4 aromatic heterocycles. The number of aromatic nitrogens is 6. The van der Waals surface area contributed by atoms with Gasteiger partial charge in [0.15, 0.2) is 11.6 Å². The number of aryl methyl sites for hydroxylation is 1. The van der Waals surface area contributed by atoms with Crippen molar-refractivity contribution in [3.8, 4) is 33.3 Å². The molecule has 0 saturated heterocycles. The number of anilines is 1. The number of methoxy groups -OCH3 is 2. The maximum absolute atomic E-state index is 5.53. The molecule has 1 aliphatic rings. The molecule has 0 atom stereocenters. The summed E-state index contributed by atoms with van der Waals surface area (Å²) >= 11 is 1.64. The van der Waals surface area contributed by atoms with Crippen LogP contribution in [0.2, 0.25) is 0 Å². The van der Waals surface area contributed by atoms with E-state index >= 15 is 0 Å². The molecule has 0 aliphatic heterocycles. The van der Waals surface area contributed by atoms with E-state index in [2.05, 4.69) is 34.6 Å². The lowest BCUT2D eigenvalue weighted by molar-refractivity contribution is 0.0328. The minimum absolute atomic E-state index is 0.280. The molecule has 1 aromatic carbocycles. The van der Waals surface area contributed by atoms with Gasteiger partial charge < -0.3 is 19.4 Å². The van der Waals surface area contributed by atoms with Crippen LogP contribution in [0.15, 0.2) is 55.0 Å². The predicted octanol–water partition coefficient (Wildman–Crippen LogP) is 4.86. The molecule has 0 unspecified atom stereocenters. The van der Waals surface area contributed by atoms with E-state index < -0.39 is 0 Å². The highest BCUT2D eigenvalue weighted by Gasteiger charge is 2.31. The van der Waals surface area contributed by atoms with Gasteiger partial charge in [0, 0.05) is 58.0 Å². The zero-order valence-electron chi connectivity index (χ0n) is 21.1. The third-order valence-electron chi connectivity index (χ3n) is 6.78. The van der Waals surface area contributed by atoms with Crippen LogP contribution < -0.4 is 5.32 Å². The normalized spacial score (nSPS) is 17.3. The van der Waals surface area contributed by atoms with Crippen molar-refractivity contribution in [3.05, 3.63) is 55.0 Å². The number of imidazole rings is 1. The van der Waals surface area contributed by atoms with Gasteiger partial charge in [-0.25, -0.2) is 15.0 Å². The van der Waals surface area contributed by atoms with Gasteiger partial charge in [-0.1, -0.05) is 30.3 Å². The van der Waals surface area contributed by atoms with E-state index in [-0.39, 0.29) is 12.1 Å². The highest BCUT2D eigenvalue weighted by Crippen LogP contribution is 2.47. The van der Waals surface area contributed by atoms with Crippen LogP contribution >= 0.6 is 11.3 Å². The van der Waals surface area contributed by atoms with Crippen molar-refractivity contribution in [1.29, 1.82) is 0 Å². The summed E-state index contributed by atoms with van der Waals surface area (Å²) in [5.74, 6) is 2.13. The Bertz CT molecular complexity index is 1520. The number of nitrogens with one attached hydrogen (secondary N) is 1. The summed E-state index contributed by atoms with van der Waals surface area (Å²) in [5, 5.41) is 9.46. The van der Waals surface area contributed by atoms with Crippen LogP contribution in [0.1, 0.15) is 12.8 Å². The van der Waals surface area contributed by atoms with Crippen molar-refractivity contribution in [2.75, 3.05) is 26.1 Å². The second-order valence-electron chi connectivity index (χ2n) is 9.23. The first-order chi connectivity index (χ1) is 18.1. The van der Waals surface area contributed by atoms with E-state index in [0.29, 0.717) is 19.0 Å². The molecule has 0 amide bonds.